The molecule has 1 saturated carbocycles. The number of hydrogen-bond donors (Lipinski definition) is 2. The molecule has 0 atom stereocenters. The van der Waals surface area contributed by atoms with E-state index in [1.165, 1.54) is 0 Å². The molecule has 1 aliphatic carbocycles. The normalized spacial score (nSPS) is 17.6. The van der Waals surface area contributed by atoms with Crippen LogP contribution in [0.3, 0.4) is 0 Å². The van der Waals surface area contributed by atoms with E-state index in [1.54, 1.807) is 0 Å². The molecular formula is C13H26N2O2. The van der Waals surface area contributed by atoms with Crippen molar-refractivity contribution in [3.8, 4) is 0 Å². The molecule has 2 N–H and O–H groups in total. The van der Waals surface area contributed by atoms with Gasteiger partial charge in [-0.1, -0.05) is 0 Å². The lowest BCUT2D eigenvalue weighted by Crippen LogP contribution is -2.40. The third-order valence-electron chi connectivity index (χ3n) is 2.95. The van der Waals surface area contributed by atoms with Gasteiger partial charge in [0.05, 0.1) is 0 Å². The molecule has 1 fully saturated rings. The third-order valence-corrected chi connectivity index (χ3v) is 2.95. The van der Waals surface area contributed by atoms with E-state index in [0.717, 1.165) is 38.6 Å². The molecule has 0 radical (unpaired) electrons. The molecule has 4 heteroatoms. The maximum atomic E-state index is 11.7. The highest BCUT2D eigenvalue weighted by atomic mass is 16.6. The van der Waals surface area contributed by atoms with Gasteiger partial charge in [0.15, 0.2) is 0 Å². The fourth-order valence-corrected chi connectivity index (χ4v) is 1.87. The van der Waals surface area contributed by atoms with E-state index in [4.69, 9.17) is 4.74 Å². The Hall–Kier alpha value is -0.770. The Morgan fingerprint density at radius 1 is 1.29 bits per heavy atom. The summed E-state index contributed by atoms with van der Waals surface area (Å²) < 4.78 is 5.28. The average Bonchev–Trinajstić information content (AvgIpc) is 2.90. The zero-order valence-corrected chi connectivity index (χ0v) is 11.6. The van der Waals surface area contributed by atoms with Crippen LogP contribution in [0, 0.1) is 0 Å². The highest BCUT2D eigenvalue weighted by Crippen LogP contribution is 2.40. The lowest BCUT2D eigenvalue weighted by molar-refractivity contribution is 0.0493. The van der Waals surface area contributed by atoms with Gasteiger partial charge < -0.3 is 15.4 Å². The van der Waals surface area contributed by atoms with Crippen molar-refractivity contribution in [1.82, 2.24) is 10.6 Å². The van der Waals surface area contributed by atoms with Crippen LogP contribution >= 0.6 is 0 Å². The minimum Gasteiger partial charge on any atom is -0.444 e. The van der Waals surface area contributed by atoms with Crippen molar-refractivity contribution in [2.75, 3.05) is 13.6 Å². The largest absolute Gasteiger partial charge is 0.444 e. The number of rotatable bonds is 6. The van der Waals surface area contributed by atoms with E-state index in [0.29, 0.717) is 0 Å². The Morgan fingerprint density at radius 3 is 2.41 bits per heavy atom. The summed E-state index contributed by atoms with van der Waals surface area (Å²) in [5, 5.41) is 6.15. The van der Waals surface area contributed by atoms with Crippen LogP contribution < -0.4 is 10.6 Å². The summed E-state index contributed by atoms with van der Waals surface area (Å²) in [6.45, 7) is 6.71. The molecule has 0 spiro atoms. The van der Waals surface area contributed by atoms with Crippen LogP contribution in [-0.2, 0) is 4.74 Å². The smallest absolute Gasteiger partial charge is 0.408 e. The molecule has 0 aromatic carbocycles. The zero-order chi connectivity index (χ0) is 12.9. The Bertz CT molecular complexity index is 255. The number of carbonyl (C=O) groups is 1. The molecule has 0 unspecified atom stereocenters. The minimum atomic E-state index is -0.410. The zero-order valence-electron chi connectivity index (χ0n) is 11.6. The first-order chi connectivity index (χ1) is 7.87. The molecule has 0 saturated heterocycles. The first-order valence-corrected chi connectivity index (χ1v) is 6.53. The van der Waals surface area contributed by atoms with Crippen LogP contribution in [0.25, 0.3) is 0 Å². The molecule has 0 bridgehead atoms. The van der Waals surface area contributed by atoms with E-state index < -0.39 is 5.60 Å². The van der Waals surface area contributed by atoms with Gasteiger partial charge in [0.1, 0.15) is 5.60 Å². The standard InChI is InChI=1S/C13H26N2O2/c1-12(2,3)17-11(16)15-13(8-9-13)7-5-6-10-14-4/h14H,5-10H2,1-4H3,(H,15,16). The molecule has 0 aromatic heterocycles. The summed E-state index contributed by atoms with van der Waals surface area (Å²) in [5.41, 5.74) is -0.373. The van der Waals surface area contributed by atoms with Crippen molar-refractivity contribution in [1.29, 1.82) is 0 Å². The summed E-state index contributed by atoms with van der Waals surface area (Å²) in [6, 6.07) is 0. The van der Waals surface area contributed by atoms with Crippen molar-refractivity contribution in [2.45, 2.75) is 64.0 Å². The van der Waals surface area contributed by atoms with E-state index in [2.05, 4.69) is 10.6 Å². The quantitative estimate of drug-likeness (QED) is 0.703. The summed E-state index contributed by atoms with van der Waals surface area (Å²) in [5.74, 6) is 0. The maximum absolute atomic E-state index is 11.7. The SMILES string of the molecule is CNCCCCC1(NC(=O)OC(C)(C)C)CC1. The van der Waals surface area contributed by atoms with Crippen molar-refractivity contribution < 1.29 is 9.53 Å². The molecular weight excluding hydrogens is 216 g/mol. The molecule has 1 amide bonds. The van der Waals surface area contributed by atoms with Gasteiger partial charge in [-0.3, -0.25) is 0 Å². The van der Waals surface area contributed by atoms with Gasteiger partial charge in [-0.15, -0.1) is 0 Å². The Kier molecular flexibility index (Phi) is 4.80. The Morgan fingerprint density at radius 2 is 1.94 bits per heavy atom. The number of amides is 1. The van der Waals surface area contributed by atoms with Crippen molar-refractivity contribution in [2.24, 2.45) is 0 Å². The van der Waals surface area contributed by atoms with Gasteiger partial charge in [-0.2, -0.15) is 0 Å². The predicted molar refractivity (Wildman–Crippen MR) is 69.1 cm³/mol. The van der Waals surface area contributed by atoms with Crippen LogP contribution in [0.2, 0.25) is 0 Å². The number of ether oxygens (including phenoxy) is 1. The summed E-state index contributed by atoms with van der Waals surface area (Å²) in [6.07, 6.45) is 5.28. The van der Waals surface area contributed by atoms with E-state index in [9.17, 15) is 4.79 Å². The number of carbonyl (C=O) groups excluding carboxylic acids is 1. The molecule has 0 aliphatic heterocycles. The first-order valence-electron chi connectivity index (χ1n) is 6.53. The highest BCUT2D eigenvalue weighted by molar-refractivity contribution is 5.69. The fraction of sp³-hybridized carbons (Fsp3) is 0.923. The number of nitrogens with one attached hydrogen (secondary N) is 2. The summed E-state index contributed by atoms with van der Waals surface area (Å²) in [4.78, 5) is 11.7. The van der Waals surface area contributed by atoms with Gasteiger partial charge in [0.25, 0.3) is 0 Å². The molecule has 100 valence electrons. The van der Waals surface area contributed by atoms with Gasteiger partial charge >= 0.3 is 6.09 Å². The van der Waals surface area contributed by atoms with Gasteiger partial charge in [-0.05, 0) is 66.5 Å². The molecule has 0 heterocycles. The molecule has 1 aliphatic rings. The van der Waals surface area contributed by atoms with Crippen LogP contribution in [0.15, 0.2) is 0 Å². The lowest BCUT2D eigenvalue weighted by atomic mass is 10.1. The maximum Gasteiger partial charge on any atom is 0.408 e. The monoisotopic (exact) mass is 242 g/mol. The molecule has 17 heavy (non-hydrogen) atoms. The number of hydrogen-bond acceptors (Lipinski definition) is 3. The first kappa shape index (κ1) is 14.3. The highest BCUT2D eigenvalue weighted by Gasteiger charge is 2.44. The lowest BCUT2D eigenvalue weighted by Gasteiger charge is -2.23. The Labute approximate surface area is 104 Å². The third kappa shape index (κ3) is 5.91. The van der Waals surface area contributed by atoms with E-state index >= 15 is 0 Å². The summed E-state index contributed by atoms with van der Waals surface area (Å²) in [7, 11) is 1.96. The van der Waals surface area contributed by atoms with E-state index in [1.807, 2.05) is 27.8 Å². The second-order valence-electron chi connectivity index (χ2n) is 5.97. The average molecular weight is 242 g/mol. The van der Waals surface area contributed by atoms with Gasteiger partial charge in [-0.25, -0.2) is 4.79 Å². The molecule has 0 aromatic rings. The predicted octanol–water partition coefficient (Wildman–Crippen LogP) is 2.43. The molecule has 4 nitrogen and oxygen atoms in total. The number of alkyl carbamates (subject to hydrolysis) is 1. The van der Waals surface area contributed by atoms with Crippen LogP contribution in [0.1, 0.15) is 52.9 Å². The van der Waals surface area contributed by atoms with Gasteiger partial charge in [0, 0.05) is 5.54 Å². The van der Waals surface area contributed by atoms with E-state index in [-0.39, 0.29) is 11.6 Å². The van der Waals surface area contributed by atoms with Crippen molar-refractivity contribution >= 4 is 6.09 Å². The Balaban J connectivity index is 2.23. The topological polar surface area (TPSA) is 50.4 Å². The van der Waals surface area contributed by atoms with Crippen LogP contribution in [-0.4, -0.2) is 30.8 Å². The fourth-order valence-electron chi connectivity index (χ4n) is 1.87. The van der Waals surface area contributed by atoms with Crippen LogP contribution in [0.4, 0.5) is 4.79 Å². The second-order valence-corrected chi connectivity index (χ2v) is 5.97. The molecule has 1 rings (SSSR count). The second kappa shape index (κ2) is 5.71. The minimum absolute atomic E-state index is 0.0378. The summed E-state index contributed by atoms with van der Waals surface area (Å²) >= 11 is 0. The van der Waals surface area contributed by atoms with Gasteiger partial charge in [0.2, 0.25) is 0 Å². The number of unbranched alkanes of at least 4 members (excludes halogenated alkanes) is 1. The van der Waals surface area contributed by atoms with Crippen molar-refractivity contribution in [3.63, 3.8) is 0 Å². The van der Waals surface area contributed by atoms with Crippen LogP contribution in [0.5, 0.6) is 0 Å². The van der Waals surface area contributed by atoms with Crippen molar-refractivity contribution in [3.05, 3.63) is 0 Å².